The van der Waals surface area contributed by atoms with Crippen LogP contribution in [0.2, 0.25) is 5.15 Å². The molecular weight excluding hydrogens is 286 g/mol. The van der Waals surface area contributed by atoms with Crippen LogP contribution in [0.1, 0.15) is 12.2 Å². The summed E-state index contributed by atoms with van der Waals surface area (Å²) >= 11 is 6.03. The Morgan fingerprint density at radius 1 is 1.38 bits per heavy atom. The minimum absolute atomic E-state index is 0.655. The molecule has 2 aromatic rings. The van der Waals surface area contributed by atoms with E-state index in [1.807, 2.05) is 36.0 Å². The summed E-state index contributed by atoms with van der Waals surface area (Å²) in [5.74, 6) is 2.63. The van der Waals surface area contributed by atoms with Gasteiger partial charge in [0, 0.05) is 26.3 Å². The fraction of sp³-hybridized carbons (Fsp3) is 0.467. The molecule has 0 bridgehead atoms. The fourth-order valence-electron chi connectivity index (χ4n) is 2.71. The van der Waals surface area contributed by atoms with Crippen LogP contribution in [-0.4, -0.2) is 39.1 Å². The van der Waals surface area contributed by atoms with Crippen LogP contribution in [0.4, 0.5) is 5.82 Å². The number of aromatic nitrogens is 3. The Labute approximate surface area is 130 Å². The summed E-state index contributed by atoms with van der Waals surface area (Å²) in [5.41, 5.74) is 0. The molecule has 5 nitrogen and oxygen atoms in total. The van der Waals surface area contributed by atoms with E-state index in [-0.39, 0.29) is 0 Å². The number of imidazole rings is 1. The molecule has 1 N–H and O–H groups in total. The van der Waals surface area contributed by atoms with E-state index in [1.165, 1.54) is 6.42 Å². The van der Waals surface area contributed by atoms with Crippen molar-refractivity contribution < 1.29 is 0 Å². The third-order valence-electron chi connectivity index (χ3n) is 4.00. The topological polar surface area (TPSA) is 46.0 Å². The highest BCUT2D eigenvalue weighted by Crippen LogP contribution is 2.19. The monoisotopic (exact) mass is 305 g/mol. The van der Waals surface area contributed by atoms with Gasteiger partial charge in [0.25, 0.3) is 0 Å². The number of rotatable bonds is 5. The van der Waals surface area contributed by atoms with E-state index in [9.17, 15) is 0 Å². The molecule has 1 saturated heterocycles. The van der Waals surface area contributed by atoms with Crippen molar-refractivity contribution in [1.29, 1.82) is 0 Å². The van der Waals surface area contributed by atoms with Gasteiger partial charge in [-0.3, -0.25) is 4.90 Å². The molecule has 1 fully saturated rings. The smallest absolute Gasteiger partial charge is 0.128 e. The SMILES string of the molecule is Cn1c(Cl)cnc1CN1CC[C@@H](CNc2ccccn2)C1. The van der Waals surface area contributed by atoms with E-state index in [0.29, 0.717) is 11.1 Å². The summed E-state index contributed by atoms with van der Waals surface area (Å²) in [6.45, 7) is 4.03. The van der Waals surface area contributed by atoms with Crippen LogP contribution in [0, 0.1) is 5.92 Å². The number of pyridine rings is 1. The van der Waals surface area contributed by atoms with E-state index in [0.717, 1.165) is 37.8 Å². The Balaban J connectivity index is 1.48. The van der Waals surface area contributed by atoms with Gasteiger partial charge in [0.05, 0.1) is 12.7 Å². The molecule has 2 aromatic heterocycles. The quantitative estimate of drug-likeness (QED) is 0.921. The van der Waals surface area contributed by atoms with Gasteiger partial charge in [-0.1, -0.05) is 17.7 Å². The Kier molecular flexibility index (Phi) is 4.41. The van der Waals surface area contributed by atoms with Gasteiger partial charge in [-0.25, -0.2) is 9.97 Å². The van der Waals surface area contributed by atoms with Crippen molar-refractivity contribution in [3.63, 3.8) is 0 Å². The zero-order valence-electron chi connectivity index (χ0n) is 12.2. The molecule has 0 amide bonds. The molecule has 0 radical (unpaired) electrons. The summed E-state index contributed by atoms with van der Waals surface area (Å²) in [6, 6.07) is 5.93. The Hall–Kier alpha value is -1.59. The Bertz CT molecular complexity index is 583. The highest BCUT2D eigenvalue weighted by molar-refractivity contribution is 6.29. The molecule has 0 saturated carbocycles. The van der Waals surface area contributed by atoms with E-state index in [4.69, 9.17) is 11.6 Å². The summed E-state index contributed by atoms with van der Waals surface area (Å²) in [7, 11) is 1.96. The van der Waals surface area contributed by atoms with Gasteiger partial charge in [-0.2, -0.15) is 0 Å². The zero-order valence-corrected chi connectivity index (χ0v) is 12.9. The number of likely N-dealkylation sites (tertiary alicyclic amines) is 1. The van der Waals surface area contributed by atoms with Crippen LogP contribution in [-0.2, 0) is 13.6 Å². The lowest BCUT2D eigenvalue weighted by Crippen LogP contribution is -2.24. The van der Waals surface area contributed by atoms with Crippen molar-refractivity contribution >= 4 is 17.4 Å². The van der Waals surface area contributed by atoms with Gasteiger partial charge in [-0.05, 0) is 31.0 Å². The number of halogens is 1. The number of nitrogens with one attached hydrogen (secondary N) is 1. The number of nitrogens with zero attached hydrogens (tertiary/aromatic N) is 4. The predicted molar refractivity (Wildman–Crippen MR) is 84.3 cm³/mol. The third kappa shape index (κ3) is 3.54. The summed E-state index contributed by atoms with van der Waals surface area (Å²) in [4.78, 5) is 11.1. The highest BCUT2D eigenvalue weighted by Gasteiger charge is 2.23. The molecule has 3 rings (SSSR count). The highest BCUT2D eigenvalue weighted by atomic mass is 35.5. The predicted octanol–water partition coefficient (Wildman–Crippen LogP) is 2.40. The summed E-state index contributed by atoms with van der Waals surface area (Å²) in [5, 5.41) is 4.10. The van der Waals surface area contributed by atoms with Gasteiger partial charge in [0.2, 0.25) is 0 Å². The molecule has 0 aliphatic carbocycles. The molecule has 6 heteroatoms. The second-order valence-electron chi connectivity index (χ2n) is 5.54. The van der Waals surface area contributed by atoms with Crippen LogP contribution in [0.3, 0.4) is 0 Å². The second kappa shape index (κ2) is 6.45. The van der Waals surface area contributed by atoms with Crippen LogP contribution in [0.25, 0.3) is 0 Å². The van der Waals surface area contributed by atoms with Gasteiger partial charge in [0.1, 0.15) is 16.8 Å². The first kappa shape index (κ1) is 14.4. The van der Waals surface area contributed by atoms with Crippen molar-refractivity contribution in [2.45, 2.75) is 13.0 Å². The van der Waals surface area contributed by atoms with Crippen LogP contribution in [0.15, 0.2) is 30.6 Å². The standard InChI is InChI=1S/C15H20ClN5/c1-20-13(16)9-19-15(20)11-21-7-5-12(10-21)8-18-14-4-2-3-6-17-14/h2-4,6,9,12H,5,7-8,10-11H2,1H3,(H,17,18)/t12-/m0/s1. The van der Waals surface area contributed by atoms with Crippen molar-refractivity contribution in [2.24, 2.45) is 13.0 Å². The molecule has 21 heavy (non-hydrogen) atoms. The minimum atomic E-state index is 0.655. The van der Waals surface area contributed by atoms with Crippen molar-refractivity contribution in [2.75, 3.05) is 25.0 Å². The van der Waals surface area contributed by atoms with Gasteiger partial charge < -0.3 is 9.88 Å². The molecule has 0 aromatic carbocycles. The normalized spacial score (nSPS) is 19.0. The lowest BCUT2D eigenvalue weighted by atomic mass is 10.1. The number of hydrogen-bond donors (Lipinski definition) is 1. The minimum Gasteiger partial charge on any atom is -0.370 e. The lowest BCUT2D eigenvalue weighted by Gasteiger charge is -2.16. The molecule has 3 heterocycles. The maximum absolute atomic E-state index is 6.03. The zero-order chi connectivity index (χ0) is 14.7. The molecule has 0 spiro atoms. The number of hydrogen-bond acceptors (Lipinski definition) is 4. The van der Waals surface area contributed by atoms with E-state index >= 15 is 0 Å². The molecule has 112 valence electrons. The fourth-order valence-corrected chi connectivity index (χ4v) is 2.86. The molecule has 1 aliphatic rings. The van der Waals surface area contributed by atoms with Crippen LogP contribution >= 0.6 is 11.6 Å². The molecule has 1 aliphatic heterocycles. The first-order valence-electron chi connectivity index (χ1n) is 7.25. The van der Waals surface area contributed by atoms with Crippen molar-refractivity contribution in [3.8, 4) is 0 Å². The van der Waals surface area contributed by atoms with Crippen LogP contribution in [0.5, 0.6) is 0 Å². The van der Waals surface area contributed by atoms with Gasteiger partial charge in [0.15, 0.2) is 0 Å². The maximum atomic E-state index is 6.03. The van der Waals surface area contributed by atoms with E-state index in [2.05, 4.69) is 20.2 Å². The molecule has 1 atom stereocenters. The van der Waals surface area contributed by atoms with Gasteiger partial charge >= 0.3 is 0 Å². The largest absolute Gasteiger partial charge is 0.370 e. The second-order valence-corrected chi connectivity index (χ2v) is 5.93. The first-order chi connectivity index (χ1) is 10.2. The van der Waals surface area contributed by atoms with Crippen molar-refractivity contribution in [3.05, 3.63) is 41.6 Å². The summed E-state index contributed by atoms with van der Waals surface area (Å²) < 4.78 is 1.95. The lowest BCUT2D eigenvalue weighted by molar-refractivity contribution is 0.307. The summed E-state index contributed by atoms with van der Waals surface area (Å²) in [6.07, 6.45) is 4.74. The van der Waals surface area contributed by atoms with Gasteiger partial charge in [-0.15, -0.1) is 0 Å². The molecule has 0 unspecified atom stereocenters. The Morgan fingerprint density at radius 2 is 2.29 bits per heavy atom. The van der Waals surface area contributed by atoms with Crippen molar-refractivity contribution in [1.82, 2.24) is 19.4 Å². The first-order valence-corrected chi connectivity index (χ1v) is 7.63. The van der Waals surface area contributed by atoms with E-state index < -0.39 is 0 Å². The third-order valence-corrected chi connectivity index (χ3v) is 4.35. The number of anilines is 1. The van der Waals surface area contributed by atoms with Crippen LogP contribution < -0.4 is 5.32 Å². The molecular formula is C15H20ClN5. The Morgan fingerprint density at radius 3 is 3.00 bits per heavy atom. The average Bonchev–Trinajstić information content (AvgIpc) is 3.08. The average molecular weight is 306 g/mol. The maximum Gasteiger partial charge on any atom is 0.128 e. The van der Waals surface area contributed by atoms with E-state index in [1.54, 1.807) is 6.20 Å².